The van der Waals surface area contributed by atoms with Gasteiger partial charge in [-0.3, -0.25) is 9.69 Å². The van der Waals surface area contributed by atoms with Crippen molar-refractivity contribution >= 4 is 15.9 Å². The topological polar surface area (TPSA) is 79.4 Å². The molecule has 0 aromatic heterocycles. The third kappa shape index (κ3) is 5.66. The predicted molar refractivity (Wildman–Crippen MR) is 127 cm³/mol. The first kappa shape index (κ1) is 25.0. The van der Waals surface area contributed by atoms with Crippen molar-refractivity contribution in [2.45, 2.75) is 25.3 Å². The van der Waals surface area contributed by atoms with Crippen molar-refractivity contribution in [2.24, 2.45) is 0 Å². The normalized spacial score (nSPS) is 15.3. The van der Waals surface area contributed by atoms with E-state index in [2.05, 4.69) is 4.90 Å². The van der Waals surface area contributed by atoms with Crippen LogP contribution in [0.1, 0.15) is 29.8 Å². The number of rotatable bonds is 9. The van der Waals surface area contributed by atoms with Crippen molar-refractivity contribution in [3.8, 4) is 11.5 Å². The largest absolute Gasteiger partial charge is 0.493 e. The van der Waals surface area contributed by atoms with Gasteiger partial charge in [0.25, 0.3) is 5.91 Å². The number of sulfonamides is 1. The van der Waals surface area contributed by atoms with Crippen LogP contribution in [0.5, 0.6) is 11.5 Å². The molecule has 0 spiro atoms. The third-order valence-corrected chi connectivity index (χ3v) is 7.89. The third-order valence-electron chi connectivity index (χ3n) is 5.98. The molecule has 0 N–H and O–H groups in total. The Labute approximate surface area is 196 Å². The second kappa shape index (κ2) is 11.0. The number of amides is 1. The SMILES string of the molecule is CCN(CC)C(=O)c1ccc(S(=O)(=O)N2CCN(Cc3ccc(OC)c(OC)c3)CC2)cc1. The monoisotopic (exact) mass is 475 g/mol. The molecule has 0 radical (unpaired) electrons. The number of methoxy groups -OCH3 is 2. The fraction of sp³-hybridized carbons (Fsp3) is 0.458. The zero-order valence-electron chi connectivity index (χ0n) is 19.8. The Morgan fingerprint density at radius 1 is 0.909 bits per heavy atom. The van der Waals surface area contributed by atoms with Crippen LogP contribution in [0.25, 0.3) is 0 Å². The van der Waals surface area contributed by atoms with E-state index in [9.17, 15) is 13.2 Å². The lowest BCUT2D eigenvalue weighted by atomic mass is 10.1. The lowest BCUT2D eigenvalue weighted by Crippen LogP contribution is -2.48. The van der Waals surface area contributed by atoms with Crippen molar-refractivity contribution in [2.75, 3.05) is 53.5 Å². The van der Waals surface area contributed by atoms with Gasteiger partial charge in [-0.1, -0.05) is 6.07 Å². The van der Waals surface area contributed by atoms with Crippen LogP contribution in [0, 0.1) is 0 Å². The Kier molecular flexibility index (Phi) is 8.34. The summed E-state index contributed by atoms with van der Waals surface area (Å²) in [5.74, 6) is 1.27. The molecule has 180 valence electrons. The standard InChI is InChI=1S/C24H33N3O5S/c1-5-26(6-2)24(28)20-8-10-21(11-9-20)33(29,30)27-15-13-25(14-16-27)18-19-7-12-22(31-3)23(17-19)32-4/h7-12,17H,5-6,13-16,18H2,1-4H3. The number of nitrogens with zero attached hydrogens (tertiary/aromatic N) is 3. The molecule has 0 saturated carbocycles. The summed E-state index contributed by atoms with van der Waals surface area (Å²) in [5, 5.41) is 0. The first-order chi connectivity index (χ1) is 15.8. The van der Waals surface area contributed by atoms with E-state index in [-0.39, 0.29) is 10.8 Å². The maximum Gasteiger partial charge on any atom is 0.253 e. The van der Waals surface area contributed by atoms with Gasteiger partial charge in [0.1, 0.15) is 0 Å². The molecule has 0 bridgehead atoms. The van der Waals surface area contributed by atoms with E-state index in [1.54, 1.807) is 31.3 Å². The maximum absolute atomic E-state index is 13.1. The number of ether oxygens (including phenoxy) is 2. The van der Waals surface area contributed by atoms with Gasteiger partial charge >= 0.3 is 0 Å². The predicted octanol–water partition coefficient (Wildman–Crippen LogP) is 2.69. The molecule has 1 fully saturated rings. The maximum atomic E-state index is 13.1. The van der Waals surface area contributed by atoms with Crippen LogP contribution in [-0.2, 0) is 16.6 Å². The number of carbonyl (C=O) groups is 1. The number of hydrogen-bond acceptors (Lipinski definition) is 6. The van der Waals surface area contributed by atoms with Crippen molar-refractivity contribution < 1.29 is 22.7 Å². The average molecular weight is 476 g/mol. The van der Waals surface area contributed by atoms with E-state index >= 15 is 0 Å². The van der Waals surface area contributed by atoms with Gasteiger partial charge in [0.2, 0.25) is 10.0 Å². The van der Waals surface area contributed by atoms with Crippen molar-refractivity contribution in [1.29, 1.82) is 0 Å². The van der Waals surface area contributed by atoms with Gasteiger partial charge < -0.3 is 14.4 Å². The summed E-state index contributed by atoms with van der Waals surface area (Å²) in [6, 6.07) is 12.1. The molecule has 8 nitrogen and oxygen atoms in total. The van der Waals surface area contributed by atoms with E-state index in [1.165, 1.54) is 16.4 Å². The van der Waals surface area contributed by atoms with Gasteiger partial charge in [0.05, 0.1) is 19.1 Å². The summed E-state index contributed by atoms with van der Waals surface area (Å²) < 4.78 is 38.4. The van der Waals surface area contributed by atoms with Gasteiger partial charge in [-0.05, 0) is 55.8 Å². The zero-order valence-corrected chi connectivity index (χ0v) is 20.6. The average Bonchev–Trinajstić information content (AvgIpc) is 2.85. The molecule has 1 heterocycles. The van der Waals surface area contributed by atoms with Crippen LogP contribution < -0.4 is 9.47 Å². The fourth-order valence-electron chi connectivity index (χ4n) is 3.98. The fourth-order valence-corrected chi connectivity index (χ4v) is 5.40. The number of benzene rings is 2. The molecule has 1 amide bonds. The van der Waals surface area contributed by atoms with Crippen LogP contribution in [0.2, 0.25) is 0 Å². The van der Waals surface area contributed by atoms with Crippen molar-refractivity contribution in [1.82, 2.24) is 14.1 Å². The Morgan fingerprint density at radius 3 is 2.06 bits per heavy atom. The minimum atomic E-state index is -3.61. The minimum absolute atomic E-state index is 0.0901. The smallest absolute Gasteiger partial charge is 0.253 e. The summed E-state index contributed by atoms with van der Waals surface area (Å²) in [4.78, 5) is 16.6. The van der Waals surface area contributed by atoms with Crippen LogP contribution >= 0.6 is 0 Å². The number of hydrogen-bond donors (Lipinski definition) is 0. The first-order valence-corrected chi connectivity index (χ1v) is 12.6. The second-order valence-electron chi connectivity index (χ2n) is 7.87. The molecule has 0 unspecified atom stereocenters. The molecule has 1 aliphatic heterocycles. The number of carbonyl (C=O) groups excluding carboxylic acids is 1. The molecule has 0 aliphatic carbocycles. The lowest BCUT2D eigenvalue weighted by molar-refractivity contribution is 0.0773. The van der Waals surface area contributed by atoms with E-state index in [0.717, 1.165) is 5.56 Å². The van der Waals surface area contributed by atoms with Gasteiger partial charge in [-0.25, -0.2) is 8.42 Å². The highest BCUT2D eigenvalue weighted by Gasteiger charge is 2.29. The minimum Gasteiger partial charge on any atom is -0.493 e. The van der Waals surface area contributed by atoms with Gasteiger partial charge in [0, 0.05) is 51.4 Å². The summed E-state index contributed by atoms with van der Waals surface area (Å²) in [5.41, 5.74) is 1.58. The summed E-state index contributed by atoms with van der Waals surface area (Å²) in [6.45, 7) is 7.86. The Morgan fingerprint density at radius 2 is 1.52 bits per heavy atom. The van der Waals surface area contributed by atoms with E-state index in [0.29, 0.717) is 62.9 Å². The molecule has 2 aromatic carbocycles. The highest BCUT2D eigenvalue weighted by molar-refractivity contribution is 7.89. The molecule has 1 saturated heterocycles. The second-order valence-corrected chi connectivity index (χ2v) is 9.81. The molecule has 3 rings (SSSR count). The highest BCUT2D eigenvalue weighted by Crippen LogP contribution is 2.28. The Hall–Kier alpha value is -2.62. The van der Waals surface area contributed by atoms with Crippen LogP contribution in [0.4, 0.5) is 0 Å². The Balaban J connectivity index is 1.62. The van der Waals surface area contributed by atoms with E-state index in [4.69, 9.17) is 9.47 Å². The lowest BCUT2D eigenvalue weighted by Gasteiger charge is -2.34. The summed E-state index contributed by atoms with van der Waals surface area (Å²) >= 11 is 0. The van der Waals surface area contributed by atoms with Crippen molar-refractivity contribution in [3.63, 3.8) is 0 Å². The first-order valence-electron chi connectivity index (χ1n) is 11.2. The molecular formula is C24H33N3O5S. The summed E-state index contributed by atoms with van der Waals surface area (Å²) in [7, 11) is -0.393. The molecule has 0 atom stereocenters. The quantitative estimate of drug-likeness (QED) is 0.555. The van der Waals surface area contributed by atoms with Gasteiger partial charge in [-0.2, -0.15) is 4.31 Å². The van der Waals surface area contributed by atoms with Gasteiger partial charge in [0.15, 0.2) is 11.5 Å². The zero-order chi connectivity index (χ0) is 24.0. The van der Waals surface area contributed by atoms with Crippen molar-refractivity contribution in [3.05, 3.63) is 53.6 Å². The number of piperazine rings is 1. The van der Waals surface area contributed by atoms with Crippen LogP contribution in [-0.4, -0.2) is 81.9 Å². The van der Waals surface area contributed by atoms with Gasteiger partial charge in [-0.15, -0.1) is 0 Å². The molecule has 33 heavy (non-hydrogen) atoms. The molecule has 1 aliphatic rings. The molecule has 9 heteroatoms. The van der Waals surface area contributed by atoms with E-state index in [1.807, 2.05) is 32.0 Å². The van der Waals surface area contributed by atoms with Crippen LogP contribution in [0.15, 0.2) is 47.4 Å². The Bertz CT molecular complexity index is 1040. The highest BCUT2D eigenvalue weighted by atomic mass is 32.2. The van der Waals surface area contributed by atoms with Crippen LogP contribution in [0.3, 0.4) is 0 Å². The molecular weight excluding hydrogens is 442 g/mol. The summed E-state index contributed by atoms with van der Waals surface area (Å²) in [6.07, 6.45) is 0. The molecule has 2 aromatic rings. The van der Waals surface area contributed by atoms with E-state index < -0.39 is 10.0 Å².